The Labute approximate surface area is 157 Å². The summed E-state index contributed by atoms with van der Waals surface area (Å²) in [6, 6.07) is 12.6. The number of anilines is 1. The highest BCUT2D eigenvalue weighted by Gasteiger charge is 2.22. The van der Waals surface area contributed by atoms with Crippen LogP contribution in [0.3, 0.4) is 0 Å². The molecule has 0 fully saturated rings. The molecule has 0 radical (unpaired) electrons. The van der Waals surface area contributed by atoms with Crippen LogP contribution >= 0.6 is 35.0 Å². The number of benzene rings is 2. The summed E-state index contributed by atoms with van der Waals surface area (Å²) >= 11 is 18.2. The van der Waals surface area contributed by atoms with E-state index in [0.717, 1.165) is 28.4 Å². The van der Waals surface area contributed by atoms with Gasteiger partial charge in [0.1, 0.15) is 0 Å². The maximum absolute atomic E-state index is 12.4. The summed E-state index contributed by atoms with van der Waals surface area (Å²) in [5.41, 5.74) is 2.54. The lowest BCUT2D eigenvalue weighted by Crippen LogP contribution is -2.41. The molecule has 128 valence electrons. The zero-order valence-electron chi connectivity index (χ0n) is 13.5. The van der Waals surface area contributed by atoms with Gasteiger partial charge in [-0.05, 0) is 48.9 Å². The van der Waals surface area contributed by atoms with Gasteiger partial charge in [-0.1, -0.05) is 54.7 Å². The lowest BCUT2D eigenvalue weighted by atomic mass is 10.1. The summed E-state index contributed by atoms with van der Waals surface area (Å²) in [5, 5.41) is 4.02. The van der Waals surface area contributed by atoms with Gasteiger partial charge in [0, 0.05) is 11.8 Å². The Bertz CT molecular complexity index is 704. The van der Waals surface area contributed by atoms with Crippen molar-refractivity contribution in [3.63, 3.8) is 0 Å². The first-order chi connectivity index (χ1) is 11.5. The highest BCUT2D eigenvalue weighted by atomic mass is 35.5. The summed E-state index contributed by atoms with van der Waals surface area (Å²) in [6.07, 6.45) is 1.64. The number of nitrogens with one attached hydrogen (secondary N) is 1. The summed E-state index contributed by atoms with van der Waals surface area (Å²) < 4.78 is 1.16. The van der Waals surface area contributed by atoms with Gasteiger partial charge in [0.25, 0.3) is 5.91 Å². The molecule has 2 aromatic rings. The highest BCUT2D eigenvalue weighted by molar-refractivity contribution is 6.42. The Balaban J connectivity index is 2.19. The van der Waals surface area contributed by atoms with E-state index >= 15 is 0 Å². The van der Waals surface area contributed by atoms with Gasteiger partial charge in [-0.25, -0.2) is 4.42 Å². The van der Waals surface area contributed by atoms with Crippen molar-refractivity contribution in [2.24, 2.45) is 0 Å². The van der Waals surface area contributed by atoms with Gasteiger partial charge in [-0.15, -0.1) is 0 Å². The molecule has 0 aliphatic rings. The van der Waals surface area contributed by atoms with Crippen molar-refractivity contribution in [3.05, 3.63) is 52.5 Å². The average molecular weight is 386 g/mol. The molecule has 2 rings (SSSR count). The standard InChI is InChI=1S/C18H19Cl3N2O/c1-3-4-17(22-2)18(24)23(21)14-8-5-12(6-9-14)13-7-10-15(19)16(20)11-13/h5-11,17,22H,3-4H2,1-2H3/t17-/m0/s1. The molecular formula is C18H19Cl3N2O. The van der Waals surface area contributed by atoms with Gasteiger partial charge >= 0.3 is 0 Å². The summed E-state index contributed by atoms with van der Waals surface area (Å²) in [6.45, 7) is 2.03. The van der Waals surface area contributed by atoms with E-state index in [1.807, 2.05) is 25.1 Å². The minimum absolute atomic E-state index is 0.164. The Morgan fingerprint density at radius 3 is 2.25 bits per heavy atom. The zero-order chi connectivity index (χ0) is 17.7. The van der Waals surface area contributed by atoms with E-state index in [9.17, 15) is 4.79 Å². The van der Waals surface area contributed by atoms with Crippen molar-refractivity contribution >= 4 is 46.6 Å². The maximum Gasteiger partial charge on any atom is 0.258 e. The molecule has 0 bridgehead atoms. The number of carbonyl (C=O) groups excluding carboxylic acids is 1. The number of hydrogen-bond donors (Lipinski definition) is 1. The fourth-order valence-corrected chi connectivity index (χ4v) is 2.93. The smallest absolute Gasteiger partial charge is 0.258 e. The summed E-state index contributed by atoms with van der Waals surface area (Å²) in [5.74, 6) is -0.164. The number of nitrogens with zero attached hydrogens (tertiary/aromatic N) is 1. The van der Waals surface area contributed by atoms with E-state index in [0.29, 0.717) is 15.7 Å². The number of halogens is 3. The number of carbonyl (C=O) groups is 1. The molecule has 0 saturated carbocycles. The van der Waals surface area contributed by atoms with Crippen LogP contribution in [0, 0.1) is 0 Å². The number of rotatable bonds is 6. The molecule has 0 saturated heterocycles. The Morgan fingerprint density at radius 2 is 1.71 bits per heavy atom. The Kier molecular flexibility index (Phi) is 6.93. The first-order valence-electron chi connectivity index (χ1n) is 7.70. The third-order valence-electron chi connectivity index (χ3n) is 3.76. The number of hydrogen-bond acceptors (Lipinski definition) is 2. The van der Waals surface area contributed by atoms with Gasteiger partial charge in [-0.2, -0.15) is 0 Å². The van der Waals surface area contributed by atoms with E-state index in [1.165, 1.54) is 0 Å². The lowest BCUT2D eigenvalue weighted by Gasteiger charge is -2.21. The maximum atomic E-state index is 12.4. The van der Waals surface area contributed by atoms with Crippen LogP contribution in [0.4, 0.5) is 5.69 Å². The van der Waals surface area contributed by atoms with Crippen LogP contribution in [0.1, 0.15) is 19.8 Å². The second kappa shape index (κ2) is 8.72. The quantitative estimate of drug-likeness (QED) is 0.663. The molecule has 0 heterocycles. The summed E-state index contributed by atoms with van der Waals surface area (Å²) in [4.78, 5) is 12.4. The molecule has 24 heavy (non-hydrogen) atoms. The van der Waals surface area contributed by atoms with Crippen LogP contribution in [-0.2, 0) is 4.79 Å². The molecule has 1 N–H and O–H groups in total. The van der Waals surface area contributed by atoms with Gasteiger partial charge < -0.3 is 5.32 Å². The lowest BCUT2D eigenvalue weighted by molar-refractivity contribution is -0.119. The van der Waals surface area contributed by atoms with E-state index in [4.69, 9.17) is 35.0 Å². The topological polar surface area (TPSA) is 32.3 Å². The summed E-state index contributed by atoms with van der Waals surface area (Å²) in [7, 11) is 1.76. The number of amides is 1. The minimum atomic E-state index is -0.290. The van der Waals surface area contributed by atoms with E-state index in [1.54, 1.807) is 31.3 Å². The third kappa shape index (κ3) is 4.42. The van der Waals surface area contributed by atoms with Crippen LogP contribution in [0.15, 0.2) is 42.5 Å². The molecular weight excluding hydrogens is 367 g/mol. The van der Waals surface area contributed by atoms with Crippen molar-refractivity contribution in [2.45, 2.75) is 25.8 Å². The van der Waals surface area contributed by atoms with E-state index < -0.39 is 0 Å². The minimum Gasteiger partial charge on any atom is -0.309 e. The second-order valence-corrected chi connectivity index (χ2v) is 6.58. The van der Waals surface area contributed by atoms with Crippen LogP contribution < -0.4 is 9.74 Å². The molecule has 1 atom stereocenters. The van der Waals surface area contributed by atoms with Crippen LogP contribution in [0.25, 0.3) is 11.1 Å². The molecule has 0 aliphatic heterocycles. The van der Waals surface area contributed by atoms with Gasteiger partial charge in [-0.3, -0.25) is 4.79 Å². The van der Waals surface area contributed by atoms with Crippen LogP contribution in [0.2, 0.25) is 10.0 Å². The molecule has 0 aromatic heterocycles. The first kappa shape index (κ1) is 19.1. The second-order valence-electron chi connectivity index (χ2n) is 5.42. The monoisotopic (exact) mass is 384 g/mol. The number of likely N-dealkylation sites (N-methyl/N-ethyl adjacent to an activating group) is 1. The van der Waals surface area contributed by atoms with Crippen LogP contribution in [-0.4, -0.2) is 19.0 Å². The molecule has 0 spiro atoms. The molecule has 0 aliphatic carbocycles. The average Bonchev–Trinajstić information content (AvgIpc) is 2.61. The molecule has 6 heteroatoms. The van der Waals surface area contributed by atoms with Gasteiger partial charge in [0.15, 0.2) is 0 Å². The predicted octanol–water partition coefficient (Wildman–Crippen LogP) is 5.54. The fourth-order valence-electron chi connectivity index (χ4n) is 2.40. The van der Waals surface area contributed by atoms with Crippen molar-refractivity contribution in [1.29, 1.82) is 0 Å². The van der Waals surface area contributed by atoms with Crippen molar-refractivity contribution < 1.29 is 4.79 Å². The van der Waals surface area contributed by atoms with Crippen LogP contribution in [0.5, 0.6) is 0 Å². The highest BCUT2D eigenvalue weighted by Crippen LogP contribution is 2.30. The third-order valence-corrected chi connectivity index (χ3v) is 4.87. The zero-order valence-corrected chi connectivity index (χ0v) is 15.8. The molecule has 1 amide bonds. The van der Waals surface area contributed by atoms with Gasteiger partial charge in [0.2, 0.25) is 0 Å². The molecule has 3 nitrogen and oxygen atoms in total. The normalized spacial score (nSPS) is 12.0. The largest absolute Gasteiger partial charge is 0.309 e. The predicted molar refractivity (Wildman–Crippen MR) is 103 cm³/mol. The molecule has 2 aromatic carbocycles. The van der Waals surface area contributed by atoms with Crippen molar-refractivity contribution in [3.8, 4) is 11.1 Å². The van der Waals surface area contributed by atoms with Crippen molar-refractivity contribution in [2.75, 3.05) is 11.5 Å². The van der Waals surface area contributed by atoms with E-state index in [2.05, 4.69) is 5.32 Å². The Hall–Kier alpha value is -1.26. The van der Waals surface area contributed by atoms with Gasteiger partial charge in [0.05, 0.1) is 21.8 Å². The van der Waals surface area contributed by atoms with Crippen molar-refractivity contribution in [1.82, 2.24) is 5.32 Å². The SMILES string of the molecule is CCC[C@H](NC)C(=O)N(Cl)c1ccc(-c2ccc(Cl)c(Cl)c2)cc1. The molecule has 0 unspecified atom stereocenters. The first-order valence-corrected chi connectivity index (χ1v) is 8.79. The fraction of sp³-hybridized carbons (Fsp3) is 0.278. The Morgan fingerprint density at radius 1 is 1.08 bits per heavy atom. The van der Waals surface area contributed by atoms with E-state index in [-0.39, 0.29) is 11.9 Å².